The van der Waals surface area contributed by atoms with Crippen LogP contribution < -0.4 is 5.32 Å². The highest BCUT2D eigenvalue weighted by atomic mass is 16.4. The number of hydrogen-bond donors (Lipinski definition) is 2. The molecule has 0 radical (unpaired) electrons. The molecule has 3 rings (SSSR count). The van der Waals surface area contributed by atoms with Gasteiger partial charge in [-0.2, -0.15) is 0 Å². The second-order valence-corrected chi connectivity index (χ2v) is 5.40. The Morgan fingerprint density at radius 1 is 1.25 bits per heavy atom. The van der Waals surface area contributed by atoms with Crippen LogP contribution in [0.1, 0.15) is 36.0 Å². The van der Waals surface area contributed by atoms with Crippen molar-refractivity contribution in [1.82, 2.24) is 4.98 Å². The van der Waals surface area contributed by atoms with Crippen LogP contribution in [0.4, 0.5) is 5.82 Å². The second kappa shape index (κ2) is 5.49. The Morgan fingerprint density at radius 2 is 1.95 bits per heavy atom. The predicted molar refractivity (Wildman–Crippen MR) is 79.2 cm³/mol. The molecule has 104 valence electrons. The number of pyridine rings is 1. The quantitative estimate of drug-likeness (QED) is 0.892. The van der Waals surface area contributed by atoms with Crippen LogP contribution in [0.5, 0.6) is 0 Å². The van der Waals surface area contributed by atoms with E-state index in [-0.39, 0.29) is 5.56 Å². The molecule has 20 heavy (non-hydrogen) atoms. The zero-order valence-electron chi connectivity index (χ0n) is 11.3. The van der Waals surface area contributed by atoms with Crippen LogP contribution in [0.3, 0.4) is 0 Å². The number of nitrogens with one attached hydrogen (secondary N) is 1. The third-order valence-corrected chi connectivity index (χ3v) is 4.06. The summed E-state index contributed by atoms with van der Waals surface area (Å²) in [5.41, 5.74) is 0.256. The van der Waals surface area contributed by atoms with Gasteiger partial charge >= 0.3 is 5.97 Å². The maximum atomic E-state index is 11.2. The van der Waals surface area contributed by atoms with Gasteiger partial charge in [0.15, 0.2) is 0 Å². The first-order valence-electron chi connectivity index (χ1n) is 7.10. The zero-order valence-corrected chi connectivity index (χ0v) is 11.3. The molecule has 1 aromatic carbocycles. The van der Waals surface area contributed by atoms with Crippen LogP contribution in [0.15, 0.2) is 30.5 Å². The third-order valence-electron chi connectivity index (χ3n) is 4.06. The van der Waals surface area contributed by atoms with Crippen molar-refractivity contribution < 1.29 is 9.90 Å². The lowest BCUT2D eigenvalue weighted by Crippen LogP contribution is -2.12. The van der Waals surface area contributed by atoms with Gasteiger partial charge < -0.3 is 10.4 Å². The Balaban J connectivity index is 1.91. The van der Waals surface area contributed by atoms with Crippen LogP contribution in [0.2, 0.25) is 0 Å². The van der Waals surface area contributed by atoms with Gasteiger partial charge in [0, 0.05) is 23.5 Å². The minimum Gasteiger partial charge on any atom is -0.478 e. The number of aromatic nitrogens is 1. The number of hydrogen-bond acceptors (Lipinski definition) is 3. The van der Waals surface area contributed by atoms with Gasteiger partial charge in [-0.25, -0.2) is 9.78 Å². The van der Waals surface area contributed by atoms with Crippen molar-refractivity contribution in [3.63, 3.8) is 0 Å². The molecular formula is C16H18N2O2. The van der Waals surface area contributed by atoms with Gasteiger partial charge in [0.1, 0.15) is 5.82 Å². The van der Waals surface area contributed by atoms with Crippen molar-refractivity contribution in [1.29, 1.82) is 0 Å². The van der Waals surface area contributed by atoms with Crippen molar-refractivity contribution >= 4 is 22.6 Å². The van der Waals surface area contributed by atoms with Gasteiger partial charge in [-0.05, 0) is 18.8 Å². The first-order chi connectivity index (χ1) is 9.75. The molecule has 2 aromatic rings. The number of nitrogens with zero attached hydrogens (tertiary/aromatic N) is 1. The predicted octanol–water partition coefficient (Wildman–Crippen LogP) is 3.54. The summed E-state index contributed by atoms with van der Waals surface area (Å²) in [7, 11) is 0. The van der Waals surface area contributed by atoms with E-state index in [9.17, 15) is 9.90 Å². The molecule has 0 unspecified atom stereocenters. The smallest absolute Gasteiger partial charge is 0.337 e. The number of carboxylic acids is 1. The largest absolute Gasteiger partial charge is 0.478 e. The van der Waals surface area contributed by atoms with Crippen molar-refractivity contribution in [2.45, 2.75) is 25.7 Å². The van der Waals surface area contributed by atoms with Gasteiger partial charge in [0.2, 0.25) is 0 Å². The number of fused-ring (bicyclic) bond motifs is 1. The molecule has 1 fully saturated rings. The Kier molecular flexibility index (Phi) is 3.54. The number of benzene rings is 1. The molecular weight excluding hydrogens is 252 g/mol. The van der Waals surface area contributed by atoms with Crippen LogP contribution in [0, 0.1) is 5.92 Å². The number of aromatic carboxylic acids is 1. The number of rotatable bonds is 4. The summed E-state index contributed by atoms with van der Waals surface area (Å²) < 4.78 is 0. The van der Waals surface area contributed by atoms with Gasteiger partial charge in [-0.1, -0.05) is 37.1 Å². The van der Waals surface area contributed by atoms with Gasteiger partial charge in [-0.15, -0.1) is 0 Å². The minimum atomic E-state index is -0.934. The molecule has 2 N–H and O–H groups in total. The highest BCUT2D eigenvalue weighted by Crippen LogP contribution is 2.27. The second-order valence-electron chi connectivity index (χ2n) is 5.40. The molecule has 1 aromatic heterocycles. The normalized spacial score (nSPS) is 15.6. The summed E-state index contributed by atoms with van der Waals surface area (Å²) >= 11 is 0. The summed E-state index contributed by atoms with van der Waals surface area (Å²) in [6.07, 6.45) is 6.63. The highest BCUT2D eigenvalue weighted by molar-refractivity contribution is 6.06. The lowest BCUT2D eigenvalue weighted by atomic mass is 10.1. The van der Waals surface area contributed by atoms with E-state index in [1.807, 2.05) is 24.3 Å². The lowest BCUT2D eigenvalue weighted by Gasteiger charge is -2.13. The zero-order chi connectivity index (χ0) is 13.9. The standard InChI is InChI=1S/C16H18N2O2/c19-16(20)14-10-18-15(13-8-4-3-7-12(13)14)17-9-11-5-1-2-6-11/h3-4,7-8,10-11H,1-2,5-6,9H2,(H,17,18)(H,19,20). The molecule has 0 bridgehead atoms. The average Bonchev–Trinajstić information content (AvgIpc) is 2.97. The number of carboxylic acid groups (broad SMARTS) is 1. The van der Waals surface area contributed by atoms with Crippen molar-refractivity contribution in [3.05, 3.63) is 36.0 Å². The summed E-state index contributed by atoms with van der Waals surface area (Å²) in [4.78, 5) is 15.5. The van der Waals surface area contributed by atoms with Crippen LogP contribution >= 0.6 is 0 Å². The molecule has 0 aliphatic heterocycles. The van der Waals surface area contributed by atoms with Gasteiger partial charge in [0.25, 0.3) is 0 Å². The molecule has 1 aliphatic rings. The summed E-state index contributed by atoms with van der Waals surface area (Å²) in [5.74, 6) is 0.572. The van der Waals surface area contributed by atoms with E-state index in [0.717, 1.165) is 29.1 Å². The molecule has 1 saturated carbocycles. The molecule has 0 atom stereocenters. The van der Waals surface area contributed by atoms with Gasteiger partial charge in [-0.3, -0.25) is 0 Å². The van der Waals surface area contributed by atoms with E-state index < -0.39 is 5.97 Å². The lowest BCUT2D eigenvalue weighted by molar-refractivity contribution is 0.0698. The Labute approximate surface area is 117 Å². The average molecular weight is 270 g/mol. The fourth-order valence-electron chi connectivity index (χ4n) is 2.96. The summed E-state index contributed by atoms with van der Waals surface area (Å²) in [6, 6.07) is 7.53. The first kappa shape index (κ1) is 12.9. The van der Waals surface area contributed by atoms with E-state index >= 15 is 0 Å². The highest BCUT2D eigenvalue weighted by Gasteiger charge is 2.16. The molecule has 4 nitrogen and oxygen atoms in total. The molecule has 0 saturated heterocycles. The van der Waals surface area contributed by atoms with E-state index in [4.69, 9.17) is 0 Å². The Hall–Kier alpha value is -2.10. The number of anilines is 1. The Morgan fingerprint density at radius 3 is 2.65 bits per heavy atom. The molecule has 0 amide bonds. The monoisotopic (exact) mass is 270 g/mol. The van der Waals surface area contributed by atoms with Crippen molar-refractivity contribution in [2.24, 2.45) is 5.92 Å². The molecule has 0 spiro atoms. The maximum Gasteiger partial charge on any atom is 0.337 e. The first-order valence-corrected chi connectivity index (χ1v) is 7.10. The number of carbonyl (C=O) groups is 1. The van der Waals surface area contributed by atoms with E-state index in [1.165, 1.54) is 31.9 Å². The van der Waals surface area contributed by atoms with E-state index in [1.54, 1.807) is 0 Å². The van der Waals surface area contributed by atoms with Gasteiger partial charge in [0.05, 0.1) is 5.56 Å². The van der Waals surface area contributed by atoms with Crippen LogP contribution in [0.25, 0.3) is 10.8 Å². The fraction of sp³-hybridized carbons (Fsp3) is 0.375. The summed E-state index contributed by atoms with van der Waals surface area (Å²) in [5, 5.41) is 14.2. The minimum absolute atomic E-state index is 0.256. The van der Waals surface area contributed by atoms with Crippen LogP contribution in [-0.2, 0) is 0 Å². The molecule has 1 heterocycles. The Bertz CT molecular complexity index is 633. The van der Waals surface area contributed by atoms with E-state index in [0.29, 0.717) is 0 Å². The van der Waals surface area contributed by atoms with Crippen molar-refractivity contribution in [3.8, 4) is 0 Å². The third kappa shape index (κ3) is 2.46. The SMILES string of the molecule is O=C(O)c1cnc(NCC2CCCC2)c2ccccc12. The molecule has 4 heteroatoms. The maximum absolute atomic E-state index is 11.2. The van der Waals surface area contributed by atoms with Crippen molar-refractivity contribution in [2.75, 3.05) is 11.9 Å². The topological polar surface area (TPSA) is 62.2 Å². The fourth-order valence-corrected chi connectivity index (χ4v) is 2.96. The summed E-state index contributed by atoms with van der Waals surface area (Å²) in [6.45, 7) is 0.920. The van der Waals surface area contributed by atoms with Crippen LogP contribution in [-0.4, -0.2) is 22.6 Å². The molecule has 1 aliphatic carbocycles. The van der Waals surface area contributed by atoms with E-state index in [2.05, 4.69) is 10.3 Å².